The van der Waals surface area contributed by atoms with Crippen LogP contribution in [0.1, 0.15) is 30.9 Å². The smallest absolute Gasteiger partial charge is 0.322 e. The molecule has 3 aliphatic rings. The van der Waals surface area contributed by atoms with E-state index in [9.17, 15) is 19.7 Å². The Hall–Kier alpha value is -2.94. The van der Waals surface area contributed by atoms with E-state index in [4.69, 9.17) is 0 Å². The fourth-order valence-corrected chi connectivity index (χ4v) is 4.47. The standard InChI is InChI=1S/C20H25N5O4/c1-22-16-13-24(11-10-23-8-3-2-4-9-23)19(26)17(16)18(21-20(22)27)14-6-5-7-15(12-14)25(28)29/h5-7,12,18H,2-4,8-11,13H2,1H3,(H,21,27)/p+1/t18-/m0/s1. The minimum absolute atomic E-state index is 0.0613. The summed E-state index contributed by atoms with van der Waals surface area (Å²) in [6, 6.07) is 5.13. The van der Waals surface area contributed by atoms with Crippen LogP contribution in [0.15, 0.2) is 35.5 Å². The van der Waals surface area contributed by atoms with Gasteiger partial charge in [-0.3, -0.25) is 19.8 Å². The van der Waals surface area contributed by atoms with Crippen molar-refractivity contribution in [3.63, 3.8) is 0 Å². The third kappa shape index (κ3) is 3.69. The lowest BCUT2D eigenvalue weighted by Gasteiger charge is -2.31. The van der Waals surface area contributed by atoms with E-state index in [2.05, 4.69) is 5.32 Å². The molecule has 0 spiro atoms. The average Bonchev–Trinajstić information content (AvgIpc) is 3.06. The highest BCUT2D eigenvalue weighted by Crippen LogP contribution is 2.36. The number of likely N-dealkylation sites (tertiary alicyclic amines) is 1. The Bertz CT molecular complexity index is 877. The predicted molar refractivity (Wildman–Crippen MR) is 105 cm³/mol. The van der Waals surface area contributed by atoms with Crippen LogP contribution in [0.4, 0.5) is 10.5 Å². The molecular formula is C20H26N5O4+. The Balaban J connectivity index is 1.57. The highest BCUT2D eigenvalue weighted by molar-refractivity contribution is 6.01. The first-order valence-corrected chi connectivity index (χ1v) is 10.1. The van der Waals surface area contributed by atoms with Crippen molar-refractivity contribution in [2.75, 3.05) is 39.8 Å². The van der Waals surface area contributed by atoms with Crippen LogP contribution in [0.3, 0.4) is 0 Å². The second-order valence-electron chi connectivity index (χ2n) is 7.94. The van der Waals surface area contributed by atoms with Gasteiger partial charge in [0.1, 0.15) is 0 Å². The minimum Gasteiger partial charge on any atom is -0.333 e. The number of carbonyl (C=O) groups excluding carboxylic acids is 2. The van der Waals surface area contributed by atoms with Crippen LogP contribution in [0.5, 0.6) is 0 Å². The summed E-state index contributed by atoms with van der Waals surface area (Å²) in [6.45, 7) is 4.23. The van der Waals surface area contributed by atoms with Gasteiger partial charge in [-0.1, -0.05) is 12.1 Å². The number of nitrogens with zero attached hydrogens (tertiary/aromatic N) is 3. The van der Waals surface area contributed by atoms with Gasteiger partial charge in [0, 0.05) is 19.2 Å². The van der Waals surface area contributed by atoms with Crippen molar-refractivity contribution in [3.8, 4) is 0 Å². The largest absolute Gasteiger partial charge is 0.333 e. The van der Waals surface area contributed by atoms with Crippen LogP contribution in [0.2, 0.25) is 0 Å². The topological polar surface area (TPSA) is 100 Å². The molecule has 29 heavy (non-hydrogen) atoms. The molecule has 1 saturated heterocycles. The zero-order valence-electron chi connectivity index (χ0n) is 16.5. The normalized spacial score (nSPS) is 22.7. The van der Waals surface area contributed by atoms with Crippen molar-refractivity contribution in [2.45, 2.75) is 25.3 Å². The number of rotatable bonds is 5. The number of nitrogens with one attached hydrogen (secondary N) is 2. The van der Waals surface area contributed by atoms with E-state index < -0.39 is 11.0 Å². The summed E-state index contributed by atoms with van der Waals surface area (Å²) >= 11 is 0. The molecular weight excluding hydrogens is 374 g/mol. The van der Waals surface area contributed by atoms with Crippen LogP contribution < -0.4 is 10.2 Å². The molecule has 1 atom stereocenters. The number of carbonyl (C=O) groups is 2. The van der Waals surface area contributed by atoms with Crippen LogP contribution >= 0.6 is 0 Å². The van der Waals surface area contributed by atoms with Crippen LogP contribution in [0, 0.1) is 10.1 Å². The Morgan fingerprint density at radius 1 is 1.24 bits per heavy atom. The van der Waals surface area contributed by atoms with Gasteiger partial charge in [-0.2, -0.15) is 0 Å². The lowest BCUT2D eigenvalue weighted by molar-refractivity contribution is -0.904. The van der Waals surface area contributed by atoms with E-state index in [1.807, 2.05) is 0 Å². The molecule has 0 unspecified atom stereocenters. The maximum absolute atomic E-state index is 13.2. The molecule has 3 aliphatic heterocycles. The first kappa shape index (κ1) is 19.4. The summed E-state index contributed by atoms with van der Waals surface area (Å²) in [4.78, 5) is 41.2. The number of amides is 3. The van der Waals surface area contributed by atoms with Crippen molar-refractivity contribution in [3.05, 3.63) is 51.2 Å². The summed E-state index contributed by atoms with van der Waals surface area (Å²) < 4.78 is 0. The number of likely N-dealkylation sites (N-methyl/N-ethyl adjacent to an activating group) is 1. The van der Waals surface area contributed by atoms with Crippen molar-refractivity contribution in [1.82, 2.24) is 15.1 Å². The number of nitro groups is 1. The van der Waals surface area contributed by atoms with Gasteiger partial charge in [-0.05, 0) is 24.8 Å². The van der Waals surface area contributed by atoms with E-state index in [1.165, 1.54) is 41.2 Å². The summed E-state index contributed by atoms with van der Waals surface area (Å²) in [5.74, 6) is -0.0974. The summed E-state index contributed by atoms with van der Waals surface area (Å²) in [7, 11) is 1.65. The highest BCUT2D eigenvalue weighted by Gasteiger charge is 2.43. The maximum atomic E-state index is 13.2. The number of piperidine rings is 1. The summed E-state index contributed by atoms with van der Waals surface area (Å²) in [5, 5.41) is 14.0. The number of hydrogen-bond acceptors (Lipinski definition) is 4. The molecule has 9 heteroatoms. The number of urea groups is 1. The molecule has 1 aromatic rings. The van der Waals surface area contributed by atoms with Crippen molar-refractivity contribution in [2.24, 2.45) is 0 Å². The number of hydrogen-bond donors (Lipinski definition) is 2. The van der Waals surface area contributed by atoms with E-state index >= 15 is 0 Å². The zero-order valence-corrected chi connectivity index (χ0v) is 16.5. The van der Waals surface area contributed by atoms with E-state index in [-0.39, 0.29) is 17.6 Å². The number of quaternary nitrogens is 1. The van der Waals surface area contributed by atoms with Gasteiger partial charge >= 0.3 is 6.03 Å². The molecule has 0 saturated carbocycles. The third-order valence-corrected chi connectivity index (χ3v) is 6.15. The van der Waals surface area contributed by atoms with Gasteiger partial charge in [-0.15, -0.1) is 0 Å². The van der Waals surface area contributed by atoms with Crippen LogP contribution in [-0.2, 0) is 4.79 Å². The first-order chi connectivity index (χ1) is 14.0. The molecule has 2 N–H and O–H groups in total. The lowest BCUT2D eigenvalue weighted by atomic mass is 9.95. The average molecular weight is 400 g/mol. The SMILES string of the molecule is CN1C(=O)N[C@@H](c2cccc([N+](=O)[O-])c2)C2=C1CN(CC[NH+]1CCCCC1)C2=O. The molecule has 154 valence electrons. The number of benzene rings is 1. The molecule has 3 amide bonds. The molecule has 9 nitrogen and oxygen atoms in total. The predicted octanol–water partition coefficient (Wildman–Crippen LogP) is 0.456. The second-order valence-corrected chi connectivity index (χ2v) is 7.94. The highest BCUT2D eigenvalue weighted by atomic mass is 16.6. The van der Waals surface area contributed by atoms with Crippen molar-refractivity contribution >= 4 is 17.6 Å². The fraction of sp³-hybridized carbons (Fsp3) is 0.500. The van der Waals surface area contributed by atoms with Crippen LogP contribution in [0.25, 0.3) is 0 Å². The second kappa shape index (κ2) is 7.82. The van der Waals surface area contributed by atoms with Crippen LogP contribution in [-0.4, -0.2) is 66.4 Å². The van der Waals surface area contributed by atoms with E-state index in [0.717, 1.165) is 19.6 Å². The first-order valence-electron chi connectivity index (χ1n) is 10.1. The van der Waals surface area contributed by atoms with Gasteiger partial charge < -0.3 is 15.1 Å². The fourth-order valence-electron chi connectivity index (χ4n) is 4.47. The maximum Gasteiger partial charge on any atom is 0.322 e. The van der Waals surface area contributed by atoms with Crippen molar-refractivity contribution in [1.29, 1.82) is 0 Å². The molecule has 0 aliphatic carbocycles. The number of nitro benzene ring substituents is 1. The molecule has 4 rings (SSSR count). The Labute approximate surface area is 169 Å². The molecule has 0 aromatic heterocycles. The van der Waals surface area contributed by atoms with E-state index in [1.54, 1.807) is 24.1 Å². The minimum atomic E-state index is -0.673. The van der Waals surface area contributed by atoms with Gasteiger partial charge in [0.25, 0.3) is 11.6 Å². The number of non-ortho nitro benzene ring substituents is 1. The monoisotopic (exact) mass is 400 g/mol. The van der Waals surface area contributed by atoms with Gasteiger partial charge in [-0.25, -0.2) is 4.79 Å². The van der Waals surface area contributed by atoms with Gasteiger partial charge in [0.05, 0.1) is 55.0 Å². The summed E-state index contributed by atoms with van der Waals surface area (Å²) in [6.07, 6.45) is 3.74. The quantitative estimate of drug-likeness (QED) is 0.554. The Morgan fingerprint density at radius 3 is 2.72 bits per heavy atom. The van der Waals surface area contributed by atoms with Crippen molar-refractivity contribution < 1.29 is 19.4 Å². The third-order valence-electron chi connectivity index (χ3n) is 6.15. The zero-order chi connectivity index (χ0) is 20.5. The molecule has 0 radical (unpaired) electrons. The molecule has 0 bridgehead atoms. The summed E-state index contributed by atoms with van der Waals surface area (Å²) in [5.41, 5.74) is 1.68. The van der Waals surface area contributed by atoms with Gasteiger partial charge in [0.2, 0.25) is 0 Å². The molecule has 1 aromatic carbocycles. The molecule has 3 heterocycles. The van der Waals surface area contributed by atoms with Gasteiger partial charge in [0.15, 0.2) is 0 Å². The Kier molecular flexibility index (Phi) is 5.23. The Morgan fingerprint density at radius 2 is 2.00 bits per heavy atom. The molecule has 1 fully saturated rings. The lowest BCUT2D eigenvalue weighted by Crippen LogP contribution is -3.13. The van der Waals surface area contributed by atoms with E-state index in [0.29, 0.717) is 29.9 Å².